The first-order chi connectivity index (χ1) is 11.6. The smallest absolute Gasteiger partial charge is 0.410 e. The van der Waals surface area contributed by atoms with Crippen molar-refractivity contribution in [2.24, 2.45) is 0 Å². The van der Waals surface area contributed by atoms with Gasteiger partial charge in [-0.3, -0.25) is 4.18 Å². The van der Waals surface area contributed by atoms with Crippen molar-refractivity contribution in [3.8, 4) is 0 Å². The number of aryl methyl sites for hydroxylation is 1. The van der Waals surface area contributed by atoms with Crippen LogP contribution in [0.1, 0.15) is 26.3 Å². The summed E-state index contributed by atoms with van der Waals surface area (Å²) < 4.78 is 39.7. The van der Waals surface area contributed by atoms with Gasteiger partial charge in [-0.25, -0.2) is 4.79 Å². The van der Waals surface area contributed by atoms with Gasteiger partial charge in [0.25, 0.3) is 10.1 Å². The Labute approximate surface area is 149 Å². The Kier molecular flexibility index (Phi) is 6.08. The molecule has 1 aliphatic rings. The molecule has 0 saturated carbocycles. The van der Waals surface area contributed by atoms with Crippen molar-refractivity contribution >= 4 is 16.2 Å². The lowest BCUT2D eigenvalue weighted by Crippen LogP contribution is -2.56. The van der Waals surface area contributed by atoms with Crippen LogP contribution in [0, 0.1) is 6.92 Å². The molecular formula is C17H25NO6S. The standard InChI is InChI=1S/C17H25NO6S/c1-13-5-7-15(8-6-13)25(20,21)23-10-9-22-14-11-18(12-14)16(19)24-17(2,3)4/h5-8,14H,9-12H2,1-4H3. The minimum atomic E-state index is -3.77. The van der Waals surface area contributed by atoms with Gasteiger partial charge < -0.3 is 14.4 Å². The number of hydrogen-bond acceptors (Lipinski definition) is 6. The van der Waals surface area contributed by atoms with Crippen LogP contribution in [0.15, 0.2) is 29.2 Å². The predicted octanol–water partition coefficient (Wildman–Crippen LogP) is 2.34. The minimum absolute atomic E-state index is 0.0703. The molecule has 1 aromatic carbocycles. The van der Waals surface area contributed by atoms with Gasteiger partial charge in [-0.1, -0.05) is 17.7 Å². The summed E-state index contributed by atoms with van der Waals surface area (Å²) >= 11 is 0. The van der Waals surface area contributed by atoms with E-state index in [9.17, 15) is 13.2 Å². The summed E-state index contributed by atoms with van der Waals surface area (Å²) in [6.45, 7) is 8.24. The van der Waals surface area contributed by atoms with Crippen LogP contribution in [0.3, 0.4) is 0 Å². The van der Waals surface area contributed by atoms with Crippen molar-refractivity contribution in [3.05, 3.63) is 29.8 Å². The third kappa shape index (κ3) is 5.98. The molecule has 1 aromatic rings. The third-order valence-corrected chi connectivity index (χ3v) is 4.81. The first-order valence-electron chi connectivity index (χ1n) is 8.12. The number of carbonyl (C=O) groups excluding carboxylic acids is 1. The van der Waals surface area contributed by atoms with E-state index in [0.29, 0.717) is 13.1 Å². The maximum atomic E-state index is 12.0. The summed E-state index contributed by atoms with van der Waals surface area (Å²) in [5, 5.41) is 0. The molecule has 2 rings (SSSR count). The zero-order valence-corrected chi connectivity index (χ0v) is 15.8. The van der Waals surface area contributed by atoms with Gasteiger partial charge in [0.2, 0.25) is 0 Å². The fourth-order valence-corrected chi connectivity index (χ4v) is 3.04. The Morgan fingerprint density at radius 2 is 1.76 bits per heavy atom. The number of nitrogens with zero attached hydrogens (tertiary/aromatic N) is 1. The van der Waals surface area contributed by atoms with Gasteiger partial charge in [0, 0.05) is 0 Å². The molecule has 0 spiro atoms. The molecule has 0 unspecified atom stereocenters. The summed E-state index contributed by atoms with van der Waals surface area (Å²) in [7, 11) is -3.77. The number of ether oxygens (including phenoxy) is 2. The summed E-state index contributed by atoms with van der Waals surface area (Å²) in [5.74, 6) is 0. The maximum absolute atomic E-state index is 12.0. The molecule has 25 heavy (non-hydrogen) atoms. The van der Waals surface area contributed by atoms with Crippen molar-refractivity contribution in [2.45, 2.75) is 44.3 Å². The second-order valence-corrected chi connectivity index (χ2v) is 8.58. The van der Waals surface area contributed by atoms with E-state index in [4.69, 9.17) is 13.7 Å². The summed E-state index contributed by atoms with van der Waals surface area (Å²) in [5.41, 5.74) is 0.447. The predicted molar refractivity (Wildman–Crippen MR) is 91.9 cm³/mol. The first-order valence-corrected chi connectivity index (χ1v) is 9.53. The molecule has 0 aliphatic carbocycles. The number of likely N-dealkylation sites (tertiary alicyclic amines) is 1. The van der Waals surface area contributed by atoms with E-state index >= 15 is 0 Å². The Balaban J connectivity index is 1.66. The molecule has 1 aliphatic heterocycles. The number of rotatable bonds is 6. The van der Waals surface area contributed by atoms with E-state index in [1.54, 1.807) is 17.0 Å². The van der Waals surface area contributed by atoms with E-state index in [2.05, 4.69) is 0 Å². The lowest BCUT2D eigenvalue weighted by molar-refractivity contribution is -0.0675. The maximum Gasteiger partial charge on any atom is 0.410 e. The van der Waals surface area contributed by atoms with Crippen LogP contribution >= 0.6 is 0 Å². The van der Waals surface area contributed by atoms with E-state index in [1.807, 2.05) is 27.7 Å². The Morgan fingerprint density at radius 1 is 1.16 bits per heavy atom. The normalized spacial score (nSPS) is 15.8. The van der Waals surface area contributed by atoms with Gasteiger partial charge in [0.1, 0.15) is 5.60 Å². The molecule has 0 N–H and O–H groups in total. The van der Waals surface area contributed by atoms with Crippen molar-refractivity contribution in [1.82, 2.24) is 4.90 Å². The van der Waals surface area contributed by atoms with Crippen LogP contribution < -0.4 is 0 Å². The monoisotopic (exact) mass is 371 g/mol. The molecule has 1 fully saturated rings. The molecule has 7 nitrogen and oxygen atoms in total. The molecular weight excluding hydrogens is 346 g/mol. The van der Waals surface area contributed by atoms with Crippen LogP contribution in [0.25, 0.3) is 0 Å². The van der Waals surface area contributed by atoms with Crippen molar-refractivity contribution in [2.75, 3.05) is 26.3 Å². The Hall–Kier alpha value is -1.64. The molecule has 1 amide bonds. The highest BCUT2D eigenvalue weighted by Gasteiger charge is 2.34. The molecule has 0 bridgehead atoms. The van der Waals surface area contributed by atoms with E-state index in [0.717, 1.165) is 5.56 Å². The van der Waals surface area contributed by atoms with E-state index in [1.165, 1.54) is 12.1 Å². The largest absolute Gasteiger partial charge is 0.444 e. The van der Waals surface area contributed by atoms with E-state index in [-0.39, 0.29) is 30.3 Å². The lowest BCUT2D eigenvalue weighted by Gasteiger charge is -2.39. The summed E-state index contributed by atoms with van der Waals surface area (Å²) in [6.07, 6.45) is -0.497. The average molecular weight is 371 g/mol. The summed E-state index contributed by atoms with van der Waals surface area (Å²) in [6, 6.07) is 6.45. The average Bonchev–Trinajstić information content (AvgIpc) is 2.43. The quantitative estimate of drug-likeness (QED) is 0.564. The lowest BCUT2D eigenvalue weighted by atomic mass is 10.2. The van der Waals surface area contributed by atoms with E-state index < -0.39 is 15.7 Å². The van der Waals surface area contributed by atoms with Crippen LogP contribution in [-0.2, 0) is 23.8 Å². The number of carbonyl (C=O) groups is 1. The van der Waals surface area contributed by atoms with Gasteiger partial charge in [0.15, 0.2) is 0 Å². The third-order valence-electron chi connectivity index (χ3n) is 3.48. The van der Waals surface area contributed by atoms with Gasteiger partial charge in [0.05, 0.1) is 37.3 Å². The molecule has 0 aromatic heterocycles. The topological polar surface area (TPSA) is 82.1 Å². The highest BCUT2D eigenvalue weighted by molar-refractivity contribution is 7.86. The molecule has 140 valence electrons. The molecule has 1 saturated heterocycles. The van der Waals surface area contributed by atoms with Crippen LogP contribution in [-0.4, -0.2) is 57.4 Å². The van der Waals surface area contributed by atoms with Gasteiger partial charge in [-0.2, -0.15) is 8.42 Å². The Bertz CT molecular complexity index is 687. The second kappa shape index (κ2) is 7.72. The van der Waals surface area contributed by atoms with Crippen molar-refractivity contribution < 1.29 is 26.9 Å². The highest BCUT2D eigenvalue weighted by Crippen LogP contribution is 2.17. The number of benzene rings is 1. The van der Waals surface area contributed by atoms with Crippen molar-refractivity contribution in [3.63, 3.8) is 0 Å². The first kappa shape index (κ1) is 19.7. The minimum Gasteiger partial charge on any atom is -0.444 e. The number of amides is 1. The molecule has 0 atom stereocenters. The fraction of sp³-hybridized carbons (Fsp3) is 0.588. The fourth-order valence-electron chi connectivity index (χ4n) is 2.15. The van der Waals surface area contributed by atoms with Crippen molar-refractivity contribution in [1.29, 1.82) is 0 Å². The Morgan fingerprint density at radius 3 is 2.32 bits per heavy atom. The number of hydrogen-bond donors (Lipinski definition) is 0. The second-order valence-electron chi connectivity index (χ2n) is 6.97. The summed E-state index contributed by atoms with van der Waals surface area (Å²) in [4.78, 5) is 13.4. The zero-order chi connectivity index (χ0) is 18.7. The molecule has 0 radical (unpaired) electrons. The SMILES string of the molecule is Cc1ccc(S(=O)(=O)OCCOC2CN(C(=O)OC(C)(C)C)C2)cc1. The zero-order valence-electron chi connectivity index (χ0n) is 15.0. The molecule has 1 heterocycles. The highest BCUT2D eigenvalue weighted by atomic mass is 32.2. The van der Waals surface area contributed by atoms with Gasteiger partial charge in [-0.05, 0) is 39.8 Å². The van der Waals surface area contributed by atoms with Gasteiger partial charge in [-0.15, -0.1) is 0 Å². The van der Waals surface area contributed by atoms with Crippen LogP contribution in [0.5, 0.6) is 0 Å². The van der Waals surface area contributed by atoms with Crippen LogP contribution in [0.2, 0.25) is 0 Å². The molecule has 8 heteroatoms. The van der Waals surface area contributed by atoms with Gasteiger partial charge >= 0.3 is 6.09 Å². The van der Waals surface area contributed by atoms with Crippen LogP contribution in [0.4, 0.5) is 4.79 Å².